The van der Waals surface area contributed by atoms with Crippen molar-refractivity contribution in [2.75, 3.05) is 32.0 Å². The number of carbonyl (C=O) groups is 1. The molecular weight excluding hydrogens is 510 g/mol. The Hall–Kier alpha value is -2.70. The molecular formula is C27H37N3O7S. The Labute approximate surface area is 224 Å². The van der Waals surface area contributed by atoms with E-state index in [0.29, 0.717) is 12.3 Å². The summed E-state index contributed by atoms with van der Waals surface area (Å²) in [7, 11) is -3.93. The van der Waals surface area contributed by atoms with Crippen LogP contribution in [0.5, 0.6) is 0 Å². The quantitative estimate of drug-likeness (QED) is 0.364. The van der Waals surface area contributed by atoms with Crippen molar-refractivity contribution in [3.8, 4) is 0 Å². The van der Waals surface area contributed by atoms with Crippen LogP contribution in [0.3, 0.4) is 0 Å². The Morgan fingerprint density at radius 3 is 2.53 bits per heavy atom. The van der Waals surface area contributed by atoms with Gasteiger partial charge in [0, 0.05) is 18.8 Å². The topological polar surface area (TPSA) is 140 Å². The van der Waals surface area contributed by atoms with Crippen molar-refractivity contribution in [2.45, 2.75) is 56.1 Å². The van der Waals surface area contributed by atoms with Crippen LogP contribution < -0.4 is 11.1 Å². The van der Waals surface area contributed by atoms with Gasteiger partial charge in [0.15, 0.2) is 6.29 Å². The molecule has 38 heavy (non-hydrogen) atoms. The number of nitrogen functional groups attached to an aromatic ring is 1. The molecule has 10 nitrogen and oxygen atoms in total. The van der Waals surface area contributed by atoms with Crippen LogP contribution in [0.2, 0.25) is 0 Å². The van der Waals surface area contributed by atoms with Gasteiger partial charge in [-0.1, -0.05) is 44.2 Å². The fraction of sp³-hybridized carbons (Fsp3) is 0.519. The van der Waals surface area contributed by atoms with E-state index in [0.717, 1.165) is 12.0 Å². The third-order valence-corrected chi connectivity index (χ3v) is 8.63. The second kappa shape index (κ2) is 12.4. The first kappa shape index (κ1) is 28.3. The third-order valence-electron chi connectivity index (χ3n) is 6.79. The molecule has 2 aromatic carbocycles. The number of rotatable bonds is 11. The van der Waals surface area contributed by atoms with Gasteiger partial charge in [-0.05, 0) is 48.6 Å². The number of benzene rings is 2. The number of carbonyl (C=O) groups excluding carboxylic acids is 1. The number of fused-ring (bicyclic) bond motifs is 1. The minimum atomic E-state index is -3.93. The van der Waals surface area contributed by atoms with Crippen molar-refractivity contribution < 1.29 is 32.5 Å². The Bertz CT molecular complexity index is 1160. The monoisotopic (exact) mass is 547 g/mol. The van der Waals surface area contributed by atoms with Crippen LogP contribution >= 0.6 is 0 Å². The molecule has 2 aliphatic heterocycles. The number of anilines is 1. The molecule has 0 aliphatic carbocycles. The number of aliphatic hydroxyl groups excluding tert-OH is 1. The molecule has 0 saturated carbocycles. The first-order valence-corrected chi connectivity index (χ1v) is 14.4. The van der Waals surface area contributed by atoms with Gasteiger partial charge in [0.25, 0.3) is 0 Å². The highest BCUT2D eigenvalue weighted by molar-refractivity contribution is 7.89. The predicted molar refractivity (Wildman–Crippen MR) is 142 cm³/mol. The summed E-state index contributed by atoms with van der Waals surface area (Å²) in [4.78, 5) is 13.0. The minimum absolute atomic E-state index is 0.000183. The average molecular weight is 548 g/mol. The fourth-order valence-corrected chi connectivity index (χ4v) is 6.45. The molecule has 1 amide bonds. The van der Waals surface area contributed by atoms with Crippen molar-refractivity contribution >= 4 is 21.8 Å². The van der Waals surface area contributed by atoms with Crippen LogP contribution in [0.4, 0.5) is 10.5 Å². The van der Waals surface area contributed by atoms with Crippen LogP contribution in [0.15, 0.2) is 59.5 Å². The molecule has 2 heterocycles. The van der Waals surface area contributed by atoms with E-state index in [-0.39, 0.29) is 49.1 Å². The normalized spacial score (nSPS) is 22.8. The van der Waals surface area contributed by atoms with E-state index in [9.17, 15) is 18.3 Å². The molecule has 2 aromatic rings. The molecule has 0 radical (unpaired) electrons. The SMILES string of the molecule is CC(C)CN(C[C@@H](O)[C@H](Cc1ccccc1)NC(=O)OC1CO[C@H]2OCC[C@@H]12)S(=O)(=O)c1ccc(N)cc1. The van der Waals surface area contributed by atoms with Crippen molar-refractivity contribution in [2.24, 2.45) is 11.8 Å². The molecule has 2 saturated heterocycles. The van der Waals surface area contributed by atoms with Gasteiger partial charge in [-0.3, -0.25) is 0 Å². The Balaban J connectivity index is 1.51. The van der Waals surface area contributed by atoms with Crippen LogP contribution in [-0.4, -0.2) is 74.8 Å². The predicted octanol–water partition coefficient (Wildman–Crippen LogP) is 2.38. The van der Waals surface area contributed by atoms with E-state index in [4.69, 9.17) is 19.9 Å². The number of amides is 1. The smallest absolute Gasteiger partial charge is 0.407 e. The summed E-state index contributed by atoms with van der Waals surface area (Å²) in [6.45, 7) is 4.58. The Kier molecular flexibility index (Phi) is 9.27. The van der Waals surface area contributed by atoms with Gasteiger partial charge >= 0.3 is 6.09 Å². The van der Waals surface area contributed by atoms with E-state index in [1.165, 1.54) is 28.6 Å². The Morgan fingerprint density at radius 2 is 1.84 bits per heavy atom. The lowest BCUT2D eigenvalue weighted by atomic mass is 10.0. The van der Waals surface area contributed by atoms with Crippen LogP contribution in [0.25, 0.3) is 0 Å². The van der Waals surface area contributed by atoms with Gasteiger partial charge in [0.05, 0.1) is 36.2 Å². The zero-order valence-corrected chi connectivity index (χ0v) is 22.5. The zero-order chi connectivity index (χ0) is 27.3. The molecule has 4 rings (SSSR count). The maximum atomic E-state index is 13.5. The van der Waals surface area contributed by atoms with E-state index >= 15 is 0 Å². The first-order valence-electron chi connectivity index (χ1n) is 12.9. The van der Waals surface area contributed by atoms with Gasteiger partial charge in [-0.25, -0.2) is 13.2 Å². The summed E-state index contributed by atoms with van der Waals surface area (Å²) in [5, 5.41) is 14.1. The molecule has 4 N–H and O–H groups in total. The average Bonchev–Trinajstić information content (AvgIpc) is 3.49. The standard InChI is InChI=1S/C27H37N3O7S/c1-18(2)15-30(38(33,34)21-10-8-20(28)9-11-21)16-24(31)23(14-19-6-4-3-5-7-19)29-27(32)37-25-17-36-26-22(25)12-13-35-26/h3-11,18,22-26,31H,12-17,28H2,1-2H3,(H,29,32)/t22-,23-,24+,25?,26+/m0/s1. The molecule has 2 aliphatic rings. The lowest BCUT2D eigenvalue weighted by Gasteiger charge is -2.31. The molecule has 2 fully saturated rings. The maximum absolute atomic E-state index is 13.5. The molecule has 1 unspecified atom stereocenters. The summed E-state index contributed by atoms with van der Waals surface area (Å²) in [5.74, 6) is -0.0231. The number of nitrogens with two attached hydrogens (primary N) is 1. The number of nitrogens with zero attached hydrogens (tertiary/aromatic N) is 1. The lowest BCUT2D eigenvalue weighted by Crippen LogP contribution is -2.51. The van der Waals surface area contributed by atoms with Crippen molar-refractivity contribution in [3.05, 3.63) is 60.2 Å². The largest absolute Gasteiger partial charge is 0.443 e. The number of sulfonamides is 1. The first-order chi connectivity index (χ1) is 18.1. The summed E-state index contributed by atoms with van der Waals surface area (Å²) >= 11 is 0. The highest BCUT2D eigenvalue weighted by Crippen LogP contribution is 2.33. The number of ether oxygens (including phenoxy) is 3. The van der Waals surface area contributed by atoms with E-state index in [1.807, 2.05) is 44.2 Å². The van der Waals surface area contributed by atoms with E-state index in [1.54, 1.807) is 0 Å². The molecule has 0 spiro atoms. The van der Waals surface area contributed by atoms with Gasteiger partial charge in [-0.15, -0.1) is 0 Å². The maximum Gasteiger partial charge on any atom is 0.407 e. The van der Waals surface area contributed by atoms with Gasteiger partial charge in [-0.2, -0.15) is 4.31 Å². The summed E-state index contributed by atoms with van der Waals surface area (Å²) in [6.07, 6.45) is -1.69. The number of alkyl carbamates (subject to hydrolysis) is 1. The number of aliphatic hydroxyl groups is 1. The summed E-state index contributed by atoms with van der Waals surface area (Å²) in [5.41, 5.74) is 7.07. The van der Waals surface area contributed by atoms with Crippen LogP contribution in [0, 0.1) is 11.8 Å². The Morgan fingerprint density at radius 1 is 1.13 bits per heavy atom. The van der Waals surface area contributed by atoms with Crippen molar-refractivity contribution in [1.29, 1.82) is 0 Å². The summed E-state index contributed by atoms with van der Waals surface area (Å²) < 4.78 is 44.9. The molecule has 0 aromatic heterocycles. The molecule has 5 atom stereocenters. The second-order valence-corrected chi connectivity index (χ2v) is 12.2. The minimum Gasteiger partial charge on any atom is -0.443 e. The number of hydrogen-bond acceptors (Lipinski definition) is 8. The number of nitrogens with one attached hydrogen (secondary N) is 1. The van der Waals surface area contributed by atoms with Gasteiger partial charge in [0.1, 0.15) is 6.10 Å². The number of hydrogen-bond donors (Lipinski definition) is 3. The lowest BCUT2D eigenvalue weighted by molar-refractivity contribution is -0.0907. The highest BCUT2D eigenvalue weighted by Gasteiger charge is 2.44. The fourth-order valence-electron chi connectivity index (χ4n) is 4.82. The van der Waals surface area contributed by atoms with E-state index < -0.39 is 34.4 Å². The second-order valence-electron chi connectivity index (χ2n) is 10.3. The van der Waals surface area contributed by atoms with Crippen LogP contribution in [-0.2, 0) is 30.7 Å². The zero-order valence-electron chi connectivity index (χ0n) is 21.7. The summed E-state index contributed by atoms with van der Waals surface area (Å²) in [6, 6.07) is 14.5. The van der Waals surface area contributed by atoms with Gasteiger partial charge in [0.2, 0.25) is 10.0 Å². The molecule has 11 heteroatoms. The van der Waals surface area contributed by atoms with Crippen LogP contribution in [0.1, 0.15) is 25.8 Å². The highest BCUT2D eigenvalue weighted by atomic mass is 32.2. The molecule has 0 bridgehead atoms. The van der Waals surface area contributed by atoms with Gasteiger partial charge < -0.3 is 30.4 Å². The third kappa shape index (κ3) is 7.03. The van der Waals surface area contributed by atoms with Crippen molar-refractivity contribution in [1.82, 2.24) is 9.62 Å². The van der Waals surface area contributed by atoms with E-state index in [2.05, 4.69) is 5.32 Å². The molecule has 208 valence electrons. The van der Waals surface area contributed by atoms with Crippen molar-refractivity contribution in [3.63, 3.8) is 0 Å².